The van der Waals surface area contributed by atoms with Crippen molar-refractivity contribution in [1.82, 2.24) is 6.15 Å². The van der Waals surface area contributed by atoms with Gasteiger partial charge in [-0.2, -0.15) is 0 Å². The molecule has 0 amide bonds. The molecule has 0 rings (SSSR count). The van der Waals surface area contributed by atoms with E-state index in [1.165, 1.54) is 114 Å². The van der Waals surface area contributed by atoms with Crippen molar-refractivity contribution >= 4 is 15.9 Å². The zero-order valence-corrected chi connectivity index (χ0v) is 18.0. The first-order valence-corrected chi connectivity index (χ1v) is 11.5. The summed E-state index contributed by atoms with van der Waals surface area (Å²) < 4.78 is 0. The second-order valence-electron chi connectivity index (χ2n) is 7.16. The van der Waals surface area contributed by atoms with E-state index >= 15 is 0 Å². The molecule has 0 aromatic heterocycles. The smallest absolute Gasteiger partial charge is 0.00313 e. The Morgan fingerprint density at radius 2 is 0.870 bits per heavy atom. The molecular formula is C21H46BrN. The number of alkyl halides is 1. The summed E-state index contributed by atoms with van der Waals surface area (Å²) in [6.07, 6.45) is 24.7. The number of halogens is 1. The fraction of sp³-hybridized carbons (Fsp3) is 1.00. The molecule has 0 aromatic carbocycles. The van der Waals surface area contributed by atoms with Crippen LogP contribution in [0.3, 0.4) is 0 Å². The largest absolute Gasteiger partial charge is 0.344 e. The van der Waals surface area contributed by atoms with Gasteiger partial charge in [0, 0.05) is 5.33 Å². The average molecular weight is 393 g/mol. The molecule has 142 valence electrons. The van der Waals surface area contributed by atoms with E-state index in [4.69, 9.17) is 0 Å². The van der Waals surface area contributed by atoms with Gasteiger partial charge >= 0.3 is 0 Å². The lowest BCUT2D eigenvalue weighted by Gasteiger charge is -2.16. The van der Waals surface area contributed by atoms with Crippen molar-refractivity contribution in [3.63, 3.8) is 0 Å². The molecule has 0 aliphatic heterocycles. The normalized spacial score (nSPS) is 11.0. The standard InChI is InChI=1S/C21H43Br.H3N/c1-3-5-7-9-11-13-17-21(19-15-16-20-22)18-14-12-10-8-6-4-2;/h21H,3-20H2,1-2H3;1H3. The van der Waals surface area contributed by atoms with Crippen LogP contribution in [-0.4, -0.2) is 5.33 Å². The predicted molar refractivity (Wildman–Crippen MR) is 112 cm³/mol. The monoisotopic (exact) mass is 391 g/mol. The Bertz CT molecular complexity index is 180. The molecular weight excluding hydrogens is 346 g/mol. The van der Waals surface area contributed by atoms with Crippen LogP contribution in [0.25, 0.3) is 0 Å². The quantitative estimate of drug-likeness (QED) is 0.183. The Morgan fingerprint density at radius 1 is 0.522 bits per heavy atom. The van der Waals surface area contributed by atoms with Gasteiger partial charge in [0.15, 0.2) is 0 Å². The van der Waals surface area contributed by atoms with Gasteiger partial charge in [0.05, 0.1) is 0 Å². The van der Waals surface area contributed by atoms with Crippen molar-refractivity contribution in [3.8, 4) is 0 Å². The summed E-state index contributed by atoms with van der Waals surface area (Å²) in [6, 6.07) is 0. The van der Waals surface area contributed by atoms with Gasteiger partial charge in [0.25, 0.3) is 0 Å². The Balaban J connectivity index is 0. The molecule has 0 heterocycles. The molecule has 0 bridgehead atoms. The molecule has 3 N–H and O–H groups in total. The highest BCUT2D eigenvalue weighted by molar-refractivity contribution is 9.09. The van der Waals surface area contributed by atoms with Crippen molar-refractivity contribution < 1.29 is 0 Å². The fourth-order valence-electron chi connectivity index (χ4n) is 3.39. The van der Waals surface area contributed by atoms with Crippen LogP contribution in [0, 0.1) is 5.92 Å². The van der Waals surface area contributed by atoms with Gasteiger partial charge in [-0.3, -0.25) is 0 Å². The zero-order valence-electron chi connectivity index (χ0n) is 16.4. The lowest BCUT2D eigenvalue weighted by molar-refractivity contribution is 0.371. The summed E-state index contributed by atoms with van der Waals surface area (Å²) in [5.74, 6) is 1.02. The van der Waals surface area contributed by atoms with Crippen molar-refractivity contribution in [1.29, 1.82) is 0 Å². The molecule has 0 radical (unpaired) electrons. The summed E-state index contributed by atoms with van der Waals surface area (Å²) in [7, 11) is 0. The van der Waals surface area contributed by atoms with Gasteiger partial charge in [-0.25, -0.2) is 0 Å². The van der Waals surface area contributed by atoms with Crippen molar-refractivity contribution in [3.05, 3.63) is 0 Å². The van der Waals surface area contributed by atoms with Crippen LogP contribution in [0.2, 0.25) is 0 Å². The highest BCUT2D eigenvalue weighted by atomic mass is 79.9. The van der Waals surface area contributed by atoms with Gasteiger partial charge in [-0.1, -0.05) is 133 Å². The molecule has 0 saturated heterocycles. The summed E-state index contributed by atoms with van der Waals surface area (Å²) in [5, 5.41) is 1.19. The summed E-state index contributed by atoms with van der Waals surface area (Å²) >= 11 is 3.58. The van der Waals surface area contributed by atoms with E-state index in [1.807, 2.05) is 0 Å². The van der Waals surface area contributed by atoms with Crippen LogP contribution in [0.4, 0.5) is 0 Å². The number of unbranched alkanes of at least 4 members (excludes halogenated alkanes) is 11. The third-order valence-electron chi connectivity index (χ3n) is 4.93. The molecule has 0 aliphatic carbocycles. The van der Waals surface area contributed by atoms with E-state index in [-0.39, 0.29) is 6.15 Å². The molecule has 0 unspecified atom stereocenters. The Hall–Kier alpha value is 0.440. The van der Waals surface area contributed by atoms with E-state index in [9.17, 15) is 0 Å². The zero-order chi connectivity index (χ0) is 16.3. The van der Waals surface area contributed by atoms with E-state index < -0.39 is 0 Å². The summed E-state index contributed by atoms with van der Waals surface area (Å²) in [5.41, 5.74) is 0. The first-order chi connectivity index (χ1) is 10.8. The van der Waals surface area contributed by atoms with E-state index in [2.05, 4.69) is 29.8 Å². The molecule has 23 heavy (non-hydrogen) atoms. The highest BCUT2D eigenvalue weighted by Crippen LogP contribution is 2.24. The van der Waals surface area contributed by atoms with Gasteiger partial charge in [0.1, 0.15) is 0 Å². The van der Waals surface area contributed by atoms with Crippen LogP contribution in [0.5, 0.6) is 0 Å². The maximum absolute atomic E-state index is 3.58. The minimum absolute atomic E-state index is 0. The summed E-state index contributed by atoms with van der Waals surface area (Å²) in [6.45, 7) is 4.61. The molecule has 0 saturated carbocycles. The topological polar surface area (TPSA) is 35.0 Å². The molecule has 0 spiro atoms. The lowest BCUT2D eigenvalue weighted by atomic mass is 9.90. The Labute approximate surface area is 156 Å². The van der Waals surface area contributed by atoms with Crippen LogP contribution in [0.15, 0.2) is 0 Å². The van der Waals surface area contributed by atoms with Crippen LogP contribution in [0.1, 0.15) is 123 Å². The average Bonchev–Trinajstić information content (AvgIpc) is 2.53. The first-order valence-electron chi connectivity index (χ1n) is 10.4. The Kier molecular flexibility index (Phi) is 25.1. The minimum Gasteiger partial charge on any atom is -0.344 e. The summed E-state index contributed by atoms with van der Waals surface area (Å²) in [4.78, 5) is 0. The molecule has 0 aromatic rings. The maximum atomic E-state index is 3.58. The van der Waals surface area contributed by atoms with Crippen molar-refractivity contribution in [2.75, 3.05) is 5.33 Å². The first kappa shape index (κ1) is 25.7. The number of hydrogen-bond donors (Lipinski definition) is 1. The molecule has 0 fully saturated rings. The molecule has 1 nitrogen and oxygen atoms in total. The second kappa shape index (κ2) is 22.4. The van der Waals surface area contributed by atoms with Gasteiger partial charge in [-0.15, -0.1) is 0 Å². The van der Waals surface area contributed by atoms with E-state index in [0.29, 0.717) is 0 Å². The third kappa shape index (κ3) is 20.4. The SMILES string of the molecule is CCCCCCCCC(CCCCBr)CCCCCCCC.N. The van der Waals surface area contributed by atoms with Crippen LogP contribution >= 0.6 is 15.9 Å². The second-order valence-corrected chi connectivity index (χ2v) is 7.96. The molecule has 0 aliphatic rings. The van der Waals surface area contributed by atoms with Crippen molar-refractivity contribution in [2.24, 2.45) is 5.92 Å². The third-order valence-corrected chi connectivity index (χ3v) is 5.49. The van der Waals surface area contributed by atoms with Gasteiger partial charge in [-0.05, 0) is 12.3 Å². The molecule has 2 heteroatoms. The maximum Gasteiger partial charge on any atom is 0.00313 e. The fourth-order valence-corrected chi connectivity index (χ4v) is 3.78. The van der Waals surface area contributed by atoms with Gasteiger partial charge in [0.2, 0.25) is 0 Å². The van der Waals surface area contributed by atoms with Crippen LogP contribution < -0.4 is 6.15 Å². The predicted octanol–water partition coefficient (Wildman–Crippen LogP) is 8.83. The lowest BCUT2D eigenvalue weighted by Crippen LogP contribution is -2.01. The van der Waals surface area contributed by atoms with E-state index in [0.717, 1.165) is 5.92 Å². The molecule has 0 atom stereocenters. The van der Waals surface area contributed by atoms with E-state index in [1.54, 1.807) is 0 Å². The minimum atomic E-state index is 0. The van der Waals surface area contributed by atoms with Gasteiger partial charge < -0.3 is 6.15 Å². The Morgan fingerprint density at radius 3 is 1.26 bits per heavy atom. The number of hydrogen-bond acceptors (Lipinski definition) is 1. The van der Waals surface area contributed by atoms with Crippen molar-refractivity contribution in [2.45, 2.75) is 123 Å². The highest BCUT2D eigenvalue weighted by Gasteiger charge is 2.08. The van der Waals surface area contributed by atoms with Crippen LogP contribution in [-0.2, 0) is 0 Å². The number of rotatable bonds is 18.